The predicted molar refractivity (Wildman–Crippen MR) is 185 cm³/mol. The van der Waals surface area contributed by atoms with Gasteiger partial charge in [-0.15, -0.1) is 90.0 Å². The molecule has 0 aliphatic heterocycles. The number of rotatable bonds is 3. The summed E-state index contributed by atoms with van der Waals surface area (Å²) in [4.78, 5) is 16.7. The number of furan rings is 1. The molecule has 0 fully saturated rings. The third-order valence-corrected chi connectivity index (χ3v) is 6.72. The van der Waals surface area contributed by atoms with Crippen LogP contribution in [0, 0.1) is 38.8 Å². The summed E-state index contributed by atoms with van der Waals surface area (Å²) in [5.74, 6) is 0. The minimum absolute atomic E-state index is 0. The molecular formula is C41H31IrN4O. The first-order chi connectivity index (χ1) is 26.2. The first-order valence-corrected chi connectivity index (χ1v) is 14.2. The second kappa shape index (κ2) is 15.8. The summed E-state index contributed by atoms with van der Waals surface area (Å²) in [5, 5.41) is 1.64. The van der Waals surface area contributed by atoms with E-state index in [0.717, 1.165) is 44.5 Å². The molecule has 0 unspecified atom stereocenters. The van der Waals surface area contributed by atoms with E-state index in [4.69, 9.17) is 16.8 Å². The smallest absolute Gasteiger partial charge is 0.486 e. The van der Waals surface area contributed by atoms with Gasteiger partial charge in [-0.25, -0.2) is 4.98 Å². The van der Waals surface area contributed by atoms with E-state index in [0.29, 0.717) is 11.3 Å². The Balaban J connectivity index is 0.000000164. The van der Waals surface area contributed by atoms with Crippen LogP contribution in [0.1, 0.15) is 29.2 Å². The molecule has 8 aromatic rings. The number of hydrogen-bond donors (Lipinski definition) is 0. The van der Waals surface area contributed by atoms with Gasteiger partial charge >= 0.3 is 20.1 Å². The summed E-state index contributed by atoms with van der Waals surface area (Å²) in [6.45, 7) is -6.44. The van der Waals surface area contributed by atoms with Crippen molar-refractivity contribution < 1.29 is 36.9 Å². The molecule has 0 amide bonds. The van der Waals surface area contributed by atoms with Gasteiger partial charge in [-0.1, -0.05) is 47.3 Å². The van der Waals surface area contributed by atoms with E-state index < -0.39 is 20.6 Å². The Morgan fingerprint density at radius 3 is 1.79 bits per heavy atom. The quantitative estimate of drug-likeness (QED) is 0.167. The monoisotopic (exact) mass is 797 g/mol. The third kappa shape index (κ3) is 8.30. The molecule has 0 bridgehead atoms. The zero-order valence-electron chi connectivity index (χ0n) is 33.7. The average molecular weight is 797 g/mol. The topological polar surface area (TPSA) is 64.7 Å². The maximum atomic E-state index is 7.47. The minimum atomic E-state index is -2.26. The first kappa shape index (κ1) is 23.1. The molecule has 5 nitrogen and oxygen atoms in total. The number of pyridine rings is 4. The van der Waals surface area contributed by atoms with Crippen molar-refractivity contribution in [1.82, 2.24) is 19.9 Å². The molecule has 3 aromatic carbocycles. The van der Waals surface area contributed by atoms with Gasteiger partial charge in [0.1, 0.15) is 0 Å². The van der Waals surface area contributed by atoms with Gasteiger partial charge in [0.2, 0.25) is 5.71 Å². The number of benzene rings is 3. The number of hydrogen-bond acceptors (Lipinski definition) is 5. The molecule has 230 valence electrons. The first-order valence-electron chi connectivity index (χ1n) is 18.7. The summed E-state index contributed by atoms with van der Waals surface area (Å²) in [5.41, 5.74) is 6.11. The van der Waals surface area contributed by atoms with Crippen LogP contribution in [-0.4, -0.2) is 19.9 Å². The van der Waals surface area contributed by atoms with Crippen LogP contribution in [0.5, 0.6) is 0 Å². The van der Waals surface area contributed by atoms with Crippen LogP contribution >= 0.6 is 0 Å². The molecule has 47 heavy (non-hydrogen) atoms. The Hall–Kier alpha value is -5.29. The second-order valence-corrected chi connectivity index (χ2v) is 9.88. The number of aromatic nitrogens is 4. The van der Waals surface area contributed by atoms with E-state index in [9.17, 15) is 0 Å². The fourth-order valence-corrected chi connectivity index (χ4v) is 4.53. The van der Waals surface area contributed by atoms with Crippen LogP contribution in [0.3, 0.4) is 0 Å². The molecule has 5 aromatic heterocycles. The molecule has 0 atom stereocenters. The normalized spacial score (nSPS) is 13.9. The SMILES string of the molecule is [2H]C([2H])([2H])c1ccc(-c2[c-]cccc2)nc1.[2H]C([2H])([2H])c1ccc(-c2[c-]cccc2)nc1.[2H]C([2H])([2H])c1ccc2c(n1)oc1c(-c3ccccn3)[c-]ccc12.[Ir+3]. The van der Waals surface area contributed by atoms with Gasteiger partial charge in [-0.2, -0.15) is 0 Å². The van der Waals surface area contributed by atoms with Gasteiger partial charge in [0.15, 0.2) is 0 Å². The van der Waals surface area contributed by atoms with Crippen molar-refractivity contribution in [3.8, 4) is 33.8 Å². The van der Waals surface area contributed by atoms with Crippen LogP contribution in [0.15, 0.2) is 138 Å². The van der Waals surface area contributed by atoms with Crippen molar-refractivity contribution >= 4 is 22.1 Å². The van der Waals surface area contributed by atoms with Crippen molar-refractivity contribution in [3.63, 3.8) is 0 Å². The van der Waals surface area contributed by atoms with Gasteiger partial charge in [-0.05, 0) is 67.0 Å². The summed E-state index contributed by atoms with van der Waals surface area (Å²) in [7, 11) is 0. The summed E-state index contributed by atoms with van der Waals surface area (Å²) >= 11 is 0. The fourth-order valence-electron chi connectivity index (χ4n) is 4.53. The number of aryl methyl sites for hydroxylation is 3. The second-order valence-electron chi connectivity index (χ2n) is 9.88. The minimum Gasteiger partial charge on any atom is -0.486 e. The van der Waals surface area contributed by atoms with Gasteiger partial charge < -0.3 is 19.4 Å². The molecule has 5 heterocycles. The molecule has 0 saturated carbocycles. The Bertz CT molecular complexity index is 2380. The maximum Gasteiger partial charge on any atom is 3.00 e. The largest absolute Gasteiger partial charge is 3.00 e. The Morgan fingerprint density at radius 2 is 1.26 bits per heavy atom. The molecule has 0 saturated heterocycles. The Labute approximate surface area is 301 Å². The van der Waals surface area contributed by atoms with Crippen LogP contribution < -0.4 is 0 Å². The molecule has 0 radical (unpaired) electrons. The predicted octanol–water partition coefficient (Wildman–Crippen LogP) is 9.86. The third-order valence-electron chi connectivity index (χ3n) is 6.72. The molecule has 8 rings (SSSR count). The van der Waals surface area contributed by atoms with E-state index >= 15 is 0 Å². The van der Waals surface area contributed by atoms with Gasteiger partial charge in [0.25, 0.3) is 0 Å². The standard InChI is InChI=1S/C17H11N2O.2C12H10N.Ir/c1-11-8-9-13-12-5-4-6-14(15-7-2-3-10-18-15)16(12)20-17(13)19-11;2*1-10-7-8-12(13-9-10)11-5-3-2-4-6-11;/h2-5,7-10H,1H3;2*2-5,7-9H,1H3;/q3*-1;+3/i3*1D3;. The van der Waals surface area contributed by atoms with Crippen LogP contribution in [0.4, 0.5) is 0 Å². The van der Waals surface area contributed by atoms with E-state index in [1.165, 1.54) is 18.5 Å². The summed E-state index contributed by atoms with van der Waals surface area (Å²) in [6.07, 6.45) is 4.49. The summed E-state index contributed by atoms with van der Waals surface area (Å²) in [6, 6.07) is 43.2. The Kier molecular flexibility index (Phi) is 7.77. The number of nitrogens with zero attached hydrogens (tertiary/aromatic N) is 4. The molecule has 0 aliphatic rings. The van der Waals surface area contributed by atoms with Crippen molar-refractivity contribution in [2.75, 3.05) is 0 Å². The zero-order chi connectivity index (χ0) is 39.2. The molecule has 0 N–H and O–H groups in total. The zero-order valence-corrected chi connectivity index (χ0v) is 27.1. The average Bonchev–Trinajstić information content (AvgIpc) is 3.57. The van der Waals surface area contributed by atoms with Crippen molar-refractivity contribution in [2.24, 2.45) is 0 Å². The number of fused-ring (bicyclic) bond motifs is 3. The van der Waals surface area contributed by atoms with Crippen LogP contribution in [-0.2, 0) is 20.1 Å². The summed E-state index contributed by atoms with van der Waals surface area (Å²) < 4.78 is 71.7. The van der Waals surface area contributed by atoms with Gasteiger partial charge in [0.05, 0.1) is 5.58 Å². The van der Waals surface area contributed by atoms with E-state index in [2.05, 4.69) is 38.1 Å². The van der Waals surface area contributed by atoms with E-state index in [1.807, 2.05) is 60.7 Å². The van der Waals surface area contributed by atoms with Crippen LogP contribution in [0.2, 0.25) is 0 Å². The molecule has 6 heteroatoms. The Morgan fingerprint density at radius 1 is 0.574 bits per heavy atom. The van der Waals surface area contributed by atoms with Gasteiger partial charge in [0, 0.05) is 42.0 Å². The van der Waals surface area contributed by atoms with E-state index in [1.54, 1.807) is 54.7 Å². The van der Waals surface area contributed by atoms with Crippen molar-refractivity contribution in [1.29, 1.82) is 0 Å². The van der Waals surface area contributed by atoms with Gasteiger partial charge in [-0.3, -0.25) is 0 Å². The van der Waals surface area contributed by atoms with Crippen LogP contribution in [0.25, 0.3) is 55.8 Å². The van der Waals surface area contributed by atoms with Crippen molar-refractivity contribution in [3.05, 3.63) is 169 Å². The molecular weight excluding hydrogens is 757 g/mol. The fraction of sp³-hybridized carbons (Fsp3) is 0.0732. The van der Waals surface area contributed by atoms with Crippen molar-refractivity contribution in [2.45, 2.75) is 20.6 Å². The molecule has 0 aliphatic carbocycles. The molecule has 0 spiro atoms. The maximum absolute atomic E-state index is 7.47. The van der Waals surface area contributed by atoms with E-state index in [-0.39, 0.29) is 36.9 Å².